The Morgan fingerprint density at radius 3 is 2.36 bits per heavy atom. The predicted molar refractivity (Wildman–Crippen MR) is 50.7 cm³/mol. The highest BCUT2D eigenvalue weighted by Crippen LogP contribution is 2.06. The molecule has 5 nitrogen and oxygen atoms in total. The molecule has 0 saturated heterocycles. The van der Waals surface area contributed by atoms with Gasteiger partial charge in [0.25, 0.3) is 0 Å². The fourth-order valence-corrected chi connectivity index (χ4v) is 0.726. The quantitative estimate of drug-likeness (QED) is 0.542. The lowest BCUT2D eigenvalue weighted by molar-refractivity contribution is -0.131. The fourth-order valence-electron chi connectivity index (χ4n) is 0.726. The first-order chi connectivity index (χ1) is 6.43. The molecule has 0 aliphatic heterocycles. The Kier molecular flexibility index (Phi) is 4.86. The second kappa shape index (κ2) is 5.39. The van der Waals surface area contributed by atoms with E-state index < -0.39 is 17.4 Å². The van der Waals surface area contributed by atoms with Crippen LogP contribution >= 0.6 is 0 Å². The predicted octanol–water partition coefficient (Wildman–Crippen LogP) is -0.0956. The normalized spacial score (nSPS) is 15.1. The average Bonchev–Trinajstić information content (AvgIpc) is 2.14. The summed E-state index contributed by atoms with van der Waals surface area (Å²) in [7, 11) is 0. The van der Waals surface area contributed by atoms with Crippen molar-refractivity contribution in [2.24, 2.45) is 0 Å². The molecule has 5 heteroatoms. The Morgan fingerprint density at radius 2 is 2.00 bits per heavy atom. The summed E-state index contributed by atoms with van der Waals surface area (Å²) in [6.45, 7) is 3.31. The van der Waals surface area contributed by atoms with Crippen molar-refractivity contribution in [1.29, 1.82) is 0 Å². The van der Waals surface area contributed by atoms with E-state index in [0.717, 1.165) is 12.2 Å². The summed E-state index contributed by atoms with van der Waals surface area (Å²) < 4.78 is 0. The first-order valence-electron chi connectivity index (χ1n) is 4.27. The van der Waals surface area contributed by atoms with Gasteiger partial charge in [-0.05, 0) is 13.3 Å². The van der Waals surface area contributed by atoms with Gasteiger partial charge in [0.05, 0.1) is 12.1 Å². The van der Waals surface area contributed by atoms with E-state index >= 15 is 0 Å². The Bertz CT molecular complexity index is 243. The third-order valence-corrected chi connectivity index (χ3v) is 1.93. The smallest absolute Gasteiger partial charge is 0.328 e. The number of aliphatic carboxylic acids is 1. The van der Waals surface area contributed by atoms with Gasteiger partial charge < -0.3 is 15.5 Å². The molecular weight excluding hydrogens is 186 g/mol. The van der Waals surface area contributed by atoms with Gasteiger partial charge in [0.2, 0.25) is 5.91 Å². The molecule has 0 heterocycles. The van der Waals surface area contributed by atoms with E-state index in [0.29, 0.717) is 6.42 Å². The Hall–Kier alpha value is -1.36. The lowest BCUT2D eigenvalue weighted by Gasteiger charge is -2.26. The summed E-state index contributed by atoms with van der Waals surface area (Å²) in [5.41, 5.74) is -0.695. The van der Waals surface area contributed by atoms with Gasteiger partial charge in [-0.25, -0.2) is 4.79 Å². The van der Waals surface area contributed by atoms with Crippen LogP contribution in [-0.4, -0.2) is 34.2 Å². The molecule has 0 aliphatic carbocycles. The highest BCUT2D eigenvalue weighted by atomic mass is 16.4. The second-order valence-electron chi connectivity index (χ2n) is 3.23. The van der Waals surface area contributed by atoms with Gasteiger partial charge in [-0.3, -0.25) is 4.79 Å². The van der Waals surface area contributed by atoms with Crippen LogP contribution in [0.4, 0.5) is 0 Å². The van der Waals surface area contributed by atoms with Crippen molar-refractivity contribution >= 4 is 11.9 Å². The maximum absolute atomic E-state index is 11.1. The van der Waals surface area contributed by atoms with Crippen molar-refractivity contribution in [1.82, 2.24) is 5.32 Å². The van der Waals surface area contributed by atoms with Gasteiger partial charge in [-0.2, -0.15) is 0 Å². The molecular formula is C9H15NO4. The molecule has 1 atom stereocenters. The van der Waals surface area contributed by atoms with Gasteiger partial charge in [0.15, 0.2) is 0 Å². The number of rotatable bonds is 5. The van der Waals surface area contributed by atoms with E-state index in [4.69, 9.17) is 10.2 Å². The van der Waals surface area contributed by atoms with Crippen molar-refractivity contribution in [3.05, 3.63) is 12.2 Å². The summed E-state index contributed by atoms with van der Waals surface area (Å²) in [4.78, 5) is 21.2. The number of aliphatic hydroxyl groups excluding tert-OH is 1. The third kappa shape index (κ3) is 4.61. The van der Waals surface area contributed by atoms with Crippen molar-refractivity contribution in [3.8, 4) is 0 Å². The minimum Gasteiger partial charge on any atom is -0.478 e. The molecule has 0 aliphatic rings. The van der Waals surface area contributed by atoms with Crippen LogP contribution in [-0.2, 0) is 9.59 Å². The van der Waals surface area contributed by atoms with Crippen LogP contribution in [0.1, 0.15) is 20.3 Å². The van der Waals surface area contributed by atoms with E-state index in [-0.39, 0.29) is 6.61 Å². The first kappa shape index (κ1) is 12.6. The van der Waals surface area contributed by atoms with Crippen LogP contribution in [0.15, 0.2) is 12.2 Å². The molecule has 0 aromatic rings. The molecule has 0 aromatic heterocycles. The topological polar surface area (TPSA) is 86.6 Å². The summed E-state index contributed by atoms with van der Waals surface area (Å²) in [6, 6.07) is 0. The molecule has 0 aromatic carbocycles. The molecule has 0 radical (unpaired) electrons. The number of carbonyl (C=O) groups excluding carboxylic acids is 1. The van der Waals surface area contributed by atoms with E-state index in [1.807, 2.05) is 6.92 Å². The van der Waals surface area contributed by atoms with Crippen LogP contribution in [0, 0.1) is 0 Å². The van der Waals surface area contributed by atoms with E-state index in [2.05, 4.69) is 5.32 Å². The molecule has 0 saturated carbocycles. The van der Waals surface area contributed by atoms with E-state index in [1.165, 1.54) is 0 Å². The number of carbonyl (C=O) groups is 2. The van der Waals surface area contributed by atoms with Crippen molar-refractivity contribution in [2.45, 2.75) is 25.8 Å². The standard InChI is InChI=1S/C9H15NO4/c1-3-9(2,6-11)10-7(12)4-5-8(13)14/h4-5,11H,3,6H2,1-2H3,(H,10,12)(H,13,14). The number of hydrogen-bond donors (Lipinski definition) is 3. The number of amides is 1. The van der Waals surface area contributed by atoms with Crippen LogP contribution in [0.25, 0.3) is 0 Å². The van der Waals surface area contributed by atoms with Gasteiger partial charge in [-0.15, -0.1) is 0 Å². The van der Waals surface area contributed by atoms with Crippen LogP contribution in [0.5, 0.6) is 0 Å². The molecule has 1 unspecified atom stereocenters. The van der Waals surface area contributed by atoms with Gasteiger partial charge in [0, 0.05) is 12.2 Å². The number of carboxylic acids is 1. The molecule has 1 amide bonds. The van der Waals surface area contributed by atoms with Gasteiger partial charge >= 0.3 is 5.97 Å². The second-order valence-corrected chi connectivity index (χ2v) is 3.23. The Balaban J connectivity index is 4.24. The summed E-state index contributed by atoms with van der Waals surface area (Å²) >= 11 is 0. The number of nitrogens with one attached hydrogen (secondary N) is 1. The molecule has 80 valence electrons. The lowest BCUT2D eigenvalue weighted by Crippen LogP contribution is -2.47. The molecule has 0 fully saturated rings. The lowest BCUT2D eigenvalue weighted by atomic mass is 10.0. The average molecular weight is 201 g/mol. The molecule has 0 rings (SSSR count). The highest BCUT2D eigenvalue weighted by Gasteiger charge is 2.21. The van der Waals surface area contributed by atoms with E-state index in [1.54, 1.807) is 6.92 Å². The monoisotopic (exact) mass is 201 g/mol. The minimum atomic E-state index is -1.18. The number of aliphatic hydroxyl groups is 1. The molecule has 3 N–H and O–H groups in total. The number of hydrogen-bond acceptors (Lipinski definition) is 3. The summed E-state index contributed by atoms with van der Waals surface area (Å²) in [6.07, 6.45) is 2.24. The maximum Gasteiger partial charge on any atom is 0.328 e. The molecule has 0 bridgehead atoms. The highest BCUT2D eigenvalue weighted by molar-refractivity contribution is 5.94. The zero-order valence-electron chi connectivity index (χ0n) is 8.28. The SMILES string of the molecule is CCC(C)(CO)NC(=O)C=CC(=O)O. The summed E-state index contributed by atoms with van der Waals surface area (Å²) in [5.74, 6) is -1.70. The van der Waals surface area contributed by atoms with E-state index in [9.17, 15) is 9.59 Å². The third-order valence-electron chi connectivity index (χ3n) is 1.93. The fraction of sp³-hybridized carbons (Fsp3) is 0.556. The number of carboxylic acid groups (broad SMARTS) is 1. The van der Waals surface area contributed by atoms with Crippen molar-refractivity contribution in [2.75, 3.05) is 6.61 Å². The zero-order chi connectivity index (χ0) is 11.2. The minimum absolute atomic E-state index is 0.184. The zero-order valence-corrected chi connectivity index (χ0v) is 8.28. The maximum atomic E-state index is 11.1. The largest absolute Gasteiger partial charge is 0.478 e. The molecule has 0 spiro atoms. The first-order valence-corrected chi connectivity index (χ1v) is 4.27. The van der Waals surface area contributed by atoms with Crippen LogP contribution < -0.4 is 5.32 Å². The summed E-state index contributed by atoms with van der Waals surface area (Å²) in [5, 5.41) is 19.7. The van der Waals surface area contributed by atoms with Gasteiger partial charge in [-0.1, -0.05) is 6.92 Å². The van der Waals surface area contributed by atoms with Crippen molar-refractivity contribution < 1.29 is 19.8 Å². The Morgan fingerprint density at radius 1 is 1.43 bits per heavy atom. The van der Waals surface area contributed by atoms with Crippen molar-refractivity contribution in [3.63, 3.8) is 0 Å². The van der Waals surface area contributed by atoms with Crippen LogP contribution in [0.2, 0.25) is 0 Å². The van der Waals surface area contributed by atoms with Crippen LogP contribution in [0.3, 0.4) is 0 Å². The molecule has 14 heavy (non-hydrogen) atoms. The van der Waals surface area contributed by atoms with Gasteiger partial charge in [0.1, 0.15) is 0 Å². The Labute approximate surface area is 82.4 Å².